The van der Waals surface area contributed by atoms with Crippen LogP contribution in [0.2, 0.25) is 0 Å². The summed E-state index contributed by atoms with van der Waals surface area (Å²) in [6, 6.07) is 13.1. The Hall–Kier alpha value is -4.38. The highest BCUT2D eigenvalue weighted by molar-refractivity contribution is 5.98. The van der Waals surface area contributed by atoms with Gasteiger partial charge >= 0.3 is 5.97 Å². The van der Waals surface area contributed by atoms with Gasteiger partial charge in [-0.15, -0.1) is 0 Å². The van der Waals surface area contributed by atoms with Crippen LogP contribution in [0.5, 0.6) is 11.5 Å². The maximum absolute atomic E-state index is 14.3. The maximum Gasteiger partial charge on any atom is 0.330 e. The quantitative estimate of drug-likeness (QED) is 0.225. The SMILES string of the molecule is COc1cccc(OC)c1-c1cc(C(=O)NC2(C(=O)O)C3CC4CC(C3)CC2C4)nn1-c1ccc(N(CCCN(C)C)C(C)=O)cc1C(C)C. The van der Waals surface area contributed by atoms with Crippen LogP contribution in [0.4, 0.5) is 5.69 Å². The van der Waals surface area contributed by atoms with Crippen molar-refractivity contribution < 1.29 is 29.0 Å². The molecule has 0 saturated heterocycles. The predicted octanol–water partition coefficient (Wildman–Crippen LogP) is 5.99. The summed E-state index contributed by atoms with van der Waals surface area (Å²) in [5, 5.41) is 18.7. The van der Waals surface area contributed by atoms with Gasteiger partial charge in [-0.25, -0.2) is 9.48 Å². The van der Waals surface area contributed by atoms with Gasteiger partial charge in [-0.2, -0.15) is 5.10 Å². The van der Waals surface area contributed by atoms with Crippen LogP contribution in [0, 0.1) is 23.7 Å². The van der Waals surface area contributed by atoms with E-state index in [9.17, 15) is 19.5 Å². The van der Waals surface area contributed by atoms with Crippen molar-refractivity contribution in [3.8, 4) is 28.4 Å². The number of rotatable bonds is 13. The molecule has 0 spiro atoms. The molecule has 0 atom stereocenters. The minimum atomic E-state index is -1.32. The number of ether oxygens (including phenoxy) is 2. The molecule has 11 heteroatoms. The van der Waals surface area contributed by atoms with E-state index in [1.807, 2.05) is 50.5 Å². The van der Waals surface area contributed by atoms with Crippen molar-refractivity contribution in [1.29, 1.82) is 0 Å². The first kappa shape index (κ1) is 35.4. The topological polar surface area (TPSA) is 126 Å². The Morgan fingerprint density at radius 2 is 1.58 bits per heavy atom. The Kier molecular flexibility index (Phi) is 9.99. The van der Waals surface area contributed by atoms with E-state index in [4.69, 9.17) is 14.6 Å². The minimum Gasteiger partial charge on any atom is -0.496 e. The first-order chi connectivity index (χ1) is 23.9. The van der Waals surface area contributed by atoms with Crippen LogP contribution >= 0.6 is 0 Å². The summed E-state index contributed by atoms with van der Waals surface area (Å²) in [6.45, 7) is 7.17. The second kappa shape index (κ2) is 14.1. The Bertz CT molecular complexity index is 1710. The van der Waals surface area contributed by atoms with E-state index in [0.29, 0.717) is 41.1 Å². The summed E-state index contributed by atoms with van der Waals surface area (Å²) in [5.74, 6) is 0.461. The summed E-state index contributed by atoms with van der Waals surface area (Å²) < 4.78 is 13.3. The molecule has 2 aromatic carbocycles. The molecule has 4 saturated carbocycles. The van der Waals surface area contributed by atoms with Crippen molar-refractivity contribution in [2.24, 2.45) is 23.7 Å². The van der Waals surface area contributed by atoms with Crippen LogP contribution in [-0.2, 0) is 9.59 Å². The molecule has 0 unspecified atom stereocenters. The smallest absolute Gasteiger partial charge is 0.330 e. The fourth-order valence-electron chi connectivity index (χ4n) is 9.12. The van der Waals surface area contributed by atoms with Gasteiger partial charge in [-0.05, 0) is 131 Å². The first-order valence-corrected chi connectivity index (χ1v) is 17.8. The van der Waals surface area contributed by atoms with Crippen LogP contribution in [0.1, 0.15) is 81.3 Å². The van der Waals surface area contributed by atoms with Crippen LogP contribution in [0.15, 0.2) is 42.5 Å². The molecule has 4 bridgehead atoms. The van der Waals surface area contributed by atoms with Gasteiger partial charge in [0.05, 0.1) is 31.2 Å². The molecule has 0 radical (unpaired) electrons. The number of aromatic nitrogens is 2. The zero-order valence-corrected chi connectivity index (χ0v) is 30.4. The molecule has 0 aliphatic heterocycles. The average Bonchev–Trinajstić information content (AvgIpc) is 3.52. The number of hydrogen-bond acceptors (Lipinski definition) is 7. The molecule has 11 nitrogen and oxygen atoms in total. The molecule has 4 aliphatic carbocycles. The fourth-order valence-corrected chi connectivity index (χ4v) is 9.12. The summed E-state index contributed by atoms with van der Waals surface area (Å²) in [6.07, 6.45) is 5.30. The molecule has 1 aromatic heterocycles. The van der Waals surface area contributed by atoms with E-state index in [-0.39, 0.29) is 29.4 Å². The molecule has 7 rings (SSSR count). The highest BCUT2D eigenvalue weighted by Gasteiger charge is 2.62. The van der Waals surface area contributed by atoms with Gasteiger partial charge in [0, 0.05) is 19.2 Å². The van der Waals surface area contributed by atoms with Gasteiger partial charge in [-0.3, -0.25) is 9.59 Å². The number of aliphatic carboxylic acids is 1. The molecule has 3 aromatic rings. The number of carbonyl (C=O) groups is 3. The highest BCUT2D eigenvalue weighted by atomic mass is 16.5. The standard InChI is InChI=1S/C39H51N5O6/c1-23(2)30-21-29(43(24(3)45)15-9-14-42(4)5)12-13-32(30)44-33(36-34(49-6)10-8-11-35(36)50-7)22-31(41-44)37(46)40-39(38(47)48)27-17-25-16-26(19-27)20-28(39)18-25/h8,10-13,21-23,25-28H,9,14-20H2,1-7H3,(H,40,46)(H,47,48). The molecule has 268 valence electrons. The Labute approximate surface area is 294 Å². The number of anilines is 1. The number of amides is 2. The summed E-state index contributed by atoms with van der Waals surface area (Å²) in [7, 11) is 7.19. The van der Waals surface area contributed by atoms with E-state index < -0.39 is 17.4 Å². The van der Waals surface area contributed by atoms with Gasteiger partial charge in [-0.1, -0.05) is 19.9 Å². The third-order valence-corrected chi connectivity index (χ3v) is 11.3. The largest absolute Gasteiger partial charge is 0.496 e. The molecule has 4 fully saturated rings. The van der Waals surface area contributed by atoms with Crippen molar-refractivity contribution in [3.05, 3.63) is 53.7 Å². The molecular weight excluding hydrogens is 634 g/mol. The zero-order chi connectivity index (χ0) is 35.9. The van der Waals surface area contributed by atoms with Crippen LogP contribution in [0.3, 0.4) is 0 Å². The Morgan fingerprint density at radius 1 is 0.960 bits per heavy atom. The monoisotopic (exact) mass is 685 g/mol. The zero-order valence-electron chi connectivity index (χ0n) is 30.4. The number of carboxylic acids is 1. The lowest BCUT2D eigenvalue weighted by atomic mass is 9.48. The number of carboxylic acid groups (broad SMARTS) is 1. The van der Waals surface area contributed by atoms with Crippen LogP contribution < -0.4 is 19.7 Å². The van der Waals surface area contributed by atoms with E-state index >= 15 is 0 Å². The lowest BCUT2D eigenvalue weighted by Crippen LogP contribution is -2.70. The lowest BCUT2D eigenvalue weighted by Gasteiger charge is -2.59. The van der Waals surface area contributed by atoms with Crippen LogP contribution in [0.25, 0.3) is 16.9 Å². The van der Waals surface area contributed by atoms with Gasteiger partial charge in [0.1, 0.15) is 17.0 Å². The van der Waals surface area contributed by atoms with Crippen molar-refractivity contribution in [2.45, 2.75) is 70.8 Å². The van der Waals surface area contributed by atoms with Gasteiger partial charge in [0.2, 0.25) is 5.91 Å². The second-order valence-electron chi connectivity index (χ2n) is 15.0. The molecule has 4 aliphatic rings. The van der Waals surface area contributed by atoms with Crippen molar-refractivity contribution in [3.63, 3.8) is 0 Å². The maximum atomic E-state index is 14.3. The minimum absolute atomic E-state index is 0.0257. The summed E-state index contributed by atoms with van der Waals surface area (Å²) in [5.41, 5.74) is 2.40. The third-order valence-electron chi connectivity index (χ3n) is 11.3. The second-order valence-corrected chi connectivity index (χ2v) is 15.0. The Morgan fingerprint density at radius 3 is 2.10 bits per heavy atom. The number of hydrogen-bond donors (Lipinski definition) is 2. The lowest BCUT2D eigenvalue weighted by molar-refractivity contribution is -0.163. The highest BCUT2D eigenvalue weighted by Crippen LogP contribution is 2.58. The summed E-state index contributed by atoms with van der Waals surface area (Å²) >= 11 is 0. The number of nitrogens with zero attached hydrogens (tertiary/aromatic N) is 4. The van der Waals surface area contributed by atoms with Gasteiger partial charge in [0.25, 0.3) is 5.91 Å². The first-order valence-electron chi connectivity index (χ1n) is 17.8. The molecule has 2 amide bonds. The number of methoxy groups -OCH3 is 2. The van der Waals surface area contributed by atoms with Crippen molar-refractivity contribution >= 4 is 23.5 Å². The van der Waals surface area contributed by atoms with Crippen molar-refractivity contribution in [2.75, 3.05) is 46.3 Å². The normalized spacial score (nSPS) is 23.7. The molecule has 1 heterocycles. The average molecular weight is 686 g/mol. The number of benzene rings is 2. The van der Waals surface area contributed by atoms with Gasteiger partial charge in [0.15, 0.2) is 5.69 Å². The van der Waals surface area contributed by atoms with Crippen molar-refractivity contribution in [1.82, 2.24) is 20.0 Å². The molecule has 50 heavy (non-hydrogen) atoms. The number of carbonyl (C=O) groups excluding carboxylic acids is 2. The molecular formula is C39H51N5O6. The van der Waals surface area contributed by atoms with E-state index in [1.54, 1.807) is 36.8 Å². The Balaban J connectivity index is 1.46. The predicted molar refractivity (Wildman–Crippen MR) is 192 cm³/mol. The fraction of sp³-hybridized carbons (Fsp3) is 0.538. The van der Waals surface area contributed by atoms with Crippen LogP contribution in [-0.4, -0.2) is 84.5 Å². The number of nitrogens with one attached hydrogen (secondary N) is 1. The third kappa shape index (κ3) is 6.36. The van der Waals surface area contributed by atoms with E-state index in [1.165, 1.54) is 6.42 Å². The summed E-state index contributed by atoms with van der Waals surface area (Å²) in [4.78, 5) is 44.1. The molecule has 2 N–H and O–H groups in total. The van der Waals surface area contributed by atoms with Gasteiger partial charge < -0.3 is 29.7 Å². The van der Waals surface area contributed by atoms with E-state index in [2.05, 4.69) is 24.1 Å². The van der Waals surface area contributed by atoms with E-state index in [0.717, 1.165) is 55.6 Å².